The molecule has 1 heterocycles. The zero-order valence-corrected chi connectivity index (χ0v) is 18.2. The molecule has 0 aliphatic carbocycles. The second-order valence-electron chi connectivity index (χ2n) is 7.59. The summed E-state index contributed by atoms with van der Waals surface area (Å²) in [5.41, 5.74) is 0.853. The van der Waals surface area contributed by atoms with Crippen molar-refractivity contribution in [1.29, 1.82) is 0 Å². The van der Waals surface area contributed by atoms with Crippen molar-refractivity contribution in [3.05, 3.63) is 66.2 Å². The van der Waals surface area contributed by atoms with Gasteiger partial charge in [-0.25, -0.2) is 4.79 Å². The summed E-state index contributed by atoms with van der Waals surface area (Å²) in [7, 11) is 0. The first-order valence-corrected chi connectivity index (χ1v) is 11.1. The molecule has 2 amide bonds. The standard InChI is InChI=1S/C23H26N2O5S/c1-15(2)20(24-19(26)13-30-17-11-7-4-8-12-17)21(27)25-18(23(28)29)14-31-22(25)16-9-5-3-6-10-16/h3-12,15,18,20,22H,13-14H2,1-2H3,(H,24,26)(H,28,29)/t18-,20-,22?/m0/s1. The largest absolute Gasteiger partial charge is 0.484 e. The number of carboxylic acid groups (broad SMARTS) is 1. The lowest BCUT2D eigenvalue weighted by atomic mass is 10.0. The van der Waals surface area contributed by atoms with Crippen LogP contribution >= 0.6 is 11.8 Å². The fourth-order valence-corrected chi connectivity index (χ4v) is 4.82. The van der Waals surface area contributed by atoms with E-state index in [-0.39, 0.29) is 18.3 Å². The summed E-state index contributed by atoms with van der Waals surface area (Å²) < 4.78 is 5.47. The lowest BCUT2D eigenvalue weighted by Gasteiger charge is -2.33. The van der Waals surface area contributed by atoms with Crippen molar-refractivity contribution >= 4 is 29.5 Å². The predicted octanol–water partition coefficient (Wildman–Crippen LogP) is 2.93. The van der Waals surface area contributed by atoms with Gasteiger partial charge < -0.3 is 20.1 Å². The highest BCUT2D eigenvalue weighted by Crippen LogP contribution is 2.42. The summed E-state index contributed by atoms with van der Waals surface area (Å²) in [4.78, 5) is 39.2. The molecule has 0 radical (unpaired) electrons. The summed E-state index contributed by atoms with van der Waals surface area (Å²) >= 11 is 1.41. The van der Waals surface area contributed by atoms with Crippen LogP contribution in [-0.4, -0.2) is 52.2 Å². The van der Waals surface area contributed by atoms with Crippen LogP contribution in [0, 0.1) is 5.92 Å². The van der Waals surface area contributed by atoms with E-state index in [1.807, 2.05) is 50.2 Å². The number of rotatable bonds is 8. The molecule has 8 heteroatoms. The summed E-state index contributed by atoms with van der Waals surface area (Å²) in [6.45, 7) is 3.40. The number of para-hydroxylation sites is 1. The van der Waals surface area contributed by atoms with Crippen LogP contribution in [0.4, 0.5) is 0 Å². The molecule has 164 valence electrons. The summed E-state index contributed by atoms with van der Waals surface area (Å²) in [5.74, 6) is -1.29. The summed E-state index contributed by atoms with van der Waals surface area (Å²) in [6.07, 6.45) is 0. The third-order valence-electron chi connectivity index (χ3n) is 4.99. The molecule has 1 aliphatic rings. The van der Waals surface area contributed by atoms with Crippen molar-refractivity contribution in [3.63, 3.8) is 0 Å². The van der Waals surface area contributed by atoms with Crippen LogP contribution in [-0.2, 0) is 14.4 Å². The van der Waals surface area contributed by atoms with Crippen molar-refractivity contribution in [1.82, 2.24) is 10.2 Å². The number of benzene rings is 2. The fraction of sp³-hybridized carbons (Fsp3) is 0.348. The molecular weight excluding hydrogens is 416 g/mol. The van der Waals surface area contributed by atoms with E-state index in [1.165, 1.54) is 16.7 Å². The maximum Gasteiger partial charge on any atom is 0.327 e. The molecule has 0 aromatic heterocycles. The van der Waals surface area contributed by atoms with E-state index in [1.54, 1.807) is 24.3 Å². The number of ether oxygens (including phenoxy) is 1. The molecule has 2 aromatic rings. The second-order valence-corrected chi connectivity index (χ2v) is 8.70. The minimum atomic E-state index is -1.06. The van der Waals surface area contributed by atoms with Crippen LogP contribution in [0.25, 0.3) is 0 Å². The number of amides is 2. The molecule has 1 unspecified atom stereocenters. The van der Waals surface area contributed by atoms with Crippen LogP contribution < -0.4 is 10.1 Å². The van der Waals surface area contributed by atoms with E-state index < -0.39 is 35.2 Å². The molecule has 1 fully saturated rings. The van der Waals surface area contributed by atoms with Crippen molar-refractivity contribution in [3.8, 4) is 5.75 Å². The quantitative estimate of drug-likeness (QED) is 0.653. The number of carbonyl (C=O) groups is 3. The van der Waals surface area contributed by atoms with Gasteiger partial charge in [0.1, 0.15) is 23.2 Å². The van der Waals surface area contributed by atoms with Crippen LogP contribution in [0.5, 0.6) is 5.75 Å². The normalized spacial score (nSPS) is 19.1. The van der Waals surface area contributed by atoms with E-state index in [9.17, 15) is 19.5 Å². The first-order chi connectivity index (χ1) is 14.9. The summed E-state index contributed by atoms with van der Waals surface area (Å²) in [5, 5.41) is 12.0. The SMILES string of the molecule is CC(C)[C@H](NC(=O)COc1ccccc1)C(=O)N1C(c2ccccc2)SC[C@H]1C(=O)O. The Labute approximate surface area is 185 Å². The molecule has 7 nitrogen and oxygen atoms in total. The Bertz CT molecular complexity index is 907. The third-order valence-corrected chi connectivity index (χ3v) is 6.31. The van der Waals surface area contributed by atoms with E-state index in [2.05, 4.69) is 5.32 Å². The van der Waals surface area contributed by atoms with Crippen molar-refractivity contribution in [2.45, 2.75) is 31.3 Å². The molecule has 0 bridgehead atoms. The van der Waals surface area contributed by atoms with Gasteiger partial charge in [0.2, 0.25) is 5.91 Å². The Morgan fingerprint density at radius 1 is 1.10 bits per heavy atom. The number of thioether (sulfide) groups is 1. The van der Waals surface area contributed by atoms with Gasteiger partial charge in [-0.3, -0.25) is 9.59 Å². The highest BCUT2D eigenvalue weighted by molar-refractivity contribution is 7.99. The molecular formula is C23H26N2O5S. The smallest absolute Gasteiger partial charge is 0.327 e. The number of hydrogen-bond acceptors (Lipinski definition) is 5. The maximum absolute atomic E-state index is 13.5. The van der Waals surface area contributed by atoms with Crippen LogP contribution in [0.2, 0.25) is 0 Å². The van der Waals surface area contributed by atoms with E-state index in [0.717, 1.165) is 5.56 Å². The molecule has 3 atom stereocenters. The van der Waals surface area contributed by atoms with Crippen LogP contribution in [0.1, 0.15) is 24.8 Å². The van der Waals surface area contributed by atoms with Gasteiger partial charge in [-0.15, -0.1) is 11.8 Å². The first-order valence-electron chi connectivity index (χ1n) is 10.1. The average Bonchev–Trinajstić information content (AvgIpc) is 3.22. The predicted molar refractivity (Wildman–Crippen MR) is 119 cm³/mol. The van der Waals surface area contributed by atoms with Crippen molar-refractivity contribution in [2.24, 2.45) is 5.92 Å². The zero-order chi connectivity index (χ0) is 22.4. The highest BCUT2D eigenvalue weighted by Gasteiger charge is 2.45. The Kier molecular flexibility index (Phi) is 7.57. The van der Waals surface area contributed by atoms with Gasteiger partial charge in [0.05, 0.1) is 0 Å². The topological polar surface area (TPSA) is 95.9 Å². The number of carbonyl (C=O) groups excluding carboxylic acids is 2. The molecule has 3 rings (SSSR count). The number of carboxylic acids is 1. The lowest BCUT2D eigenvalue weighted by molar-refractivity contribution is -0.151. The Balaban J connectivity index is 1.76. The average molecular weight is 443 g/mol. The highest BCUT2D eigenvalue weighted by atomic mass is 32.2. The molecule has 0 saturated carbocycles. The van der Waals surface area contributed by atoms with Gasteiger partial charge in [-0.05, 0) is 23.6 Å². The van der Waals surface area contributed by atoms with Gasteiger partial charge >= 0.3 is 5.97 Å². The molecule has 2 aromatic carbocycles. The molecule has 1 aliphatic heterocycles. The molecule has 2 N–H and O–H groups in total. The van der Waals surface area contributed by atoms with Gasteiger partial charge in [-0.1, -0.05) is 62.4 Å². The second kappa shape index (κ2) is 10.3. The van der Waals surface area contributed by atoms with Gasteiger partial charge in [0.15, 0.2) is 6.61 Å². The van der Waals surface area contributed by atoms with E-state index in [4.69, 9.17) is 4.74 Å². The van der Waals surface area contributed by atoms with Crippen molar-refractivity contribution < 1.29 is 24.2 Å². The Hall–Kier alpha value is -3.00. The van der Waals surface area contributed by atoms with Gasteiger partial charge in [0, 0.05) is 5.75 Å². The molecule has 0 spiro atoms. The van der Waals surface area contributed by atoms with Crippen molar-refractivity contribution in [2.75, 3.05) is 12.4 Å². The van der Waals surface area contributed by atoms with Crippen LogP contribution in [0.3, 0.4) is 0 Å². The van der Waals surface area contributed by atoms with E-state index >= 15 is 0 Å². The summed E-state index contributed by atoms with van der Waals surface area (Å²) in [6, 6.07) is 16.4. The van der Waals surface area contributed by atoms with Crippen LogP contribution in [0.15, 0.2) is 60.7 Å². The maximum atomic E-state index is 13.5. The number of nitrogens with zero attached hydrogens (tertiary/aromatic N) is 1. The number of hydrogen-bond donors (Lipinski definition) is 2. The third kappa shape index (κ3) is 5.58. The number of aliphatic carboxylic acids is 1. The Morgan fingerprint density at radius 3 is 2.29 bits per heavy atom. The minimum absolute atomic E-state index is 0.232. The first kappa shape index (κ1) is 22.7. The minimum Gasteiger partial charge on any atom is -0.484 e. The number of nitrogens with one attached hydrogen (secondary N) is 1. The molecule has 31 heavy (non-hydrogen) atoms. The van der Waals surface area contributed by atoms with E-state index in [0.29, 0.717) is 5.75 Å². The van der Waals surface area contributed by atoms with Gasteiger partial charge in [-0.2, -0.15) is 0 Å². The van der Waals surface area contributed by atoms with Gasteiger partial charge in [0.25, 0.3) is 5.91 Å². The monoisotopic (exact) mass is 442 g/mol. The lowest BCUT2D eigenvalue weighted by Crippen LogP contribution is -2.55. The Morgan fingerprint density at radius 2 is 1.71 bits per heavy atom. The zero-order valence-electron chi connectivity index (χ0n) is 17.4. The fourth-order valence-electron chi connectivity index (χ4n) is 3.40. The molecule has 1 saturated heterocycles.